The van der Waals surface area contributed by atoms with Crippen LogP contribution in [-0.2, 0) is 10.0 Å². The van der Waals surface area contributed by atoms with Crippen LogP contribution < -0.4 is 0 Å². The molecule has 0 saturated heterocycles. The van der Waals surface area contributed by atoms with Gasteiger partial charge in [-0.15, -0.1) is 6.42 Å². The van der Waals surface area contributed by atoms with Gasteiger partial charge in [0.25, 0.3) is 0 Å². The fraction of sp³-hybridized carbons (Fsp3) is 0.273. The minimum atomic E-state index is -3.50. The van der Waals surface area contributed by atoms with Gasteiger partial charge >= 0.3 is 0 Å². The van der Waals surface area contributed by atoms with Crippen LogP contribution in [0.15, 0.2) is 33.6 Å². The molecular weight excluding hydrogens is 290 g/mol. The summed E-state index contributed by atoms with van der Waals surface area (Å²) in [5, 5.41) is 0. The Bertz CT molecular complexity index is 505. The third-order valence-electron chi connectivity index (χ3n) is 2.07. The summed E-state index contributed by atoms with van der Waals surface area (Å²) in [4.78, 5) is 0.243. The molecule has 0 saturated carbocycles. The average molecular weight is 302 g/mol. The molecule has 0 atom stereocenters. The maximum atomic E-state index is 12.2. The number of nitrogens with zero attached hydrogens (tertiary/aromatic N) is 1. The molecule has 0 amide bonds. The third kappa shape index (κ3) is 2.64. The highest BCUT2D eigenvalue weighted by Gasteiger charge is 2.23. The van der Waals surface area contributed by atoms with E-state index in [1.807, 2.05) is 0 Å². The Morgan fingerprint density at radius 2 is 2.06 bits per heavy atom. The molecule has 0 heterocycles. The lowest BCUT2D eigenvalue weighted by molar-refractivity contribution is 0.463. The van der Waals surface area contributed by atoms with Crippen molar-refractivity contribution in [2.75, 3.05) is 13.1 Å². The number of hydrogen-bond acceptors (Lipinski definition) is 2. The first-order chi connectivity index (χ1) is 7.54. The van der Waals surface area contributed by atoms with E-state index in [4.69, 9.17) is 6.42 Å². The average Bonchev–Trinajstić information content (AvgIpc) is 2.26. The minimum Gasteiger partial charge on any atom is -0.207 e. The van der Waals surface area contributed by atoms with E-state index in [1.165, 1.54) is 4.31 Å². The molecule has 0 aliphatic rings. The lowest BCUT2D eigenvalue weighted by Gasteiger charge is -2.18. The first-order valence-corrected chi connectivity index (χ1v) is 6.95. The van der Waals surface area contributed by atoms with E-state index < -0.39 is 10.0 Å². The highest BCUT2D eigenvalue weighted by Crippen LogP contribution is 2.24. The van der Waals surface area contributed by atoms with E-state index in [1.54, 1.807) is 31.2 Å². The summed E-state index contributed by atoms with van der Waals surface area (Å²) in [5.74, 6) is 2.35. The van der Waals surface area contributed by atoms with E-state index in [9.17, 15) is 8.42 Å². The van der Waals surface area contributed by atoms with Gasteiger partial charge in [0.2, 0.25) is 10.0 Å². The zero-order valence-electron chi connectivity index (χ0n) is 8.85. The predicted octanol–water partition coefficient (Wildman–Crippen LogP) is 2.09. The molecule has 86 valence electrons. The summed E-state index contributed by atoms with van der Waals surface area (Å²) in [6.45, 7) is 2.19. The molecule has 1 aromatic carbocycles. The van der Waals surface area contributed by atoms with Crippen molar-refractivity contribution in [3.8, 4) is 12.3 Å². The molecule has 16 heavy (non-hydrogen) atoms. The van der Waals surface area contributed by atoms with Crippen molar-refractivity contribution in [3.63, 3.8) is 0 Å². The first-order valence-electron chi connectivity index (χ1n) is 4.72. The highest BCUT2D eigenvalue weighted by molar-refractivity contribution is 9.10. The molecular formula is C11H12BrNO2S. The smallest absolute Gasteiger partial charge is 0.207 e. The van der Waals surface area contributed by atoms with E-state index in [-0.39, 0.29) is 11.4 Å². The number of sulfonamides is 1. The van der Waals surface area contributed by atoms with Crippen molar-refractivity contribution < 1.29 is 8.42 Å². The third-order valence-corrected chi connectivity index (χ3v) is 5.01. The van der Waals surface area contributed by atoms with Gasteiger partial charge in [0, 0.05) is 11.0 Å². The second kappa shape index (κ2) is 5.48. The molecule has 0 radical (unpaired) electrons. The Kier molecular flexibility index (Phi) is 4.54. The molecule has 1 rings (SSSR count). The van der Waals surface area contributed by atoms with Crippen molar-refractivity contribution >= 4 is 26.0 Å². The zero-order valence-corrected chi connectivity index (χ0v) is 11.3. The van der Waals surface area contributed by atoms with Crippen LogP contribution in [0.2, 0.25) is 0 Å². The van der Waals surface area contributed by atoms with Crippen LogP contribution >= 0.6 is 15.9 Å². The number of benzene rings is 1. The van der Waals surface area contributed by atoms with Gasteiger partial charge < -0.3 is 0 Å². The number of terminal acetylenes is 1. The summed E-state index contributed by atoms with van der Waals surface area (Å²) in [7, 11) is -3.50. The Morgan fingerprint density at radius 3 is 2.56 bits per heavy atom. The Balaban J connectivity index is 3.22. The molecule has 0 aliphatic carbocycles. The van der Waals surface area contributed by atoms with Crippen LogP contribution in [0.4, 0.5) is 0 Å². The number of halogens is 1. The minimum absolute atomic E-state index is 0.0835. The second-order valence-electron chi connectivity index (χ2n) is 3.07. The lowest BCUT2D eigenvalue weighted by Crippen LogP contribution is -2.31. The molecule has 3 nitrogen and oxygen atoms in total. The molecule has 0 N–H and O–H groups in total. The molecule has 0 aromatic heterocycles. The van der Waals surface area contributed by atoms with Crippen LogP contribution in [0.25, 0.3) is 0 Å². The van der Waals surface area contributed by atoms with Crippen LogP contribution in [0, 0.1) is 12.3 Å². The normalized spacial score (nSPS) is 11.4. The van der Waals surface area contributed by atoms with Crippen molar-refractivity contribution in [3.05, 3.63) is 28.7 Å². The van der Waals surface area contributed by atoms with Gasteiger partial charge in [0.05, 0.1) is 11.4 Å². The number of hydrogen-bond donors (Lipinski definition) is 0. The SMILES string of the molecule is C#CCN(CC)S(=O)(=O)c1ccccc1Br. The molecule has 0 unspecified atom stereocenters. The highest BCUT2D eigenvalue weighted by atomic mass is 79.9. The zero-order chi connectivity index (χ0) is 12.2. The van der Waals surface area contributed by atoms with Gasteiger partial charge in [-0.3, -0.25) is 0 Å². The van der Waals surface area contributed by atoms with Crippen molar-refractivity contribution in [2.45, 2.75) is 11.8 Å². The maximum absolute atomic E-state index is 12.2. The summed E-state index contributed by atoms with van der Waals surface area (Å²) in [5.41, 5.74) is 0. The fourth-order valence-electron chi connectivity index (χ4n) is 1.26. The van der Waals surface area contributed by atoms with E-state index in [0.717, 1.165) is 0 Å². The predicted molar refractivity (Wildman–Crippen MR) is 67.4 cm³/mol. The molecule has 0 fully saturated rings. The summed E-state index contributed by atoms with van der Waals surface area (Å²) < 4.78 is 26.2. The Hall–Kier alpha value is -0.830. The molecule has 0 bridgehead atoms. The van der Waals surface area contributed by atoms with Crippen molar-refractivity contribution in [1.82, 2.24) is 4.31 Å². The van der Waals surface area contributed by atoms with Crippen LogP contribution in [-0.4, -0.2) is 25.8 Å². The second-order valence-corrected chi connectivity index (χ2v) is 5.83. The molecule has 5 heteroatoms. The lowest BCUT2D eigenvalue weighted by atomic mass is 10.4. The topological polar surface area (TPSA) is 37.4 Å². The molecule has 0 spiro atoms. The van der Waals surface area contributed by atoms with Crippen LogP contribution in [0.1, 0.15) is 6.92 Å². The summed E-state index contributed by atoms with van der Waals surface area (Å²) in [6.07, 6.45) is 5.15. The van der Waals surface area contributed by atoms with Gasteiger partial charge in [0.1, 0.15) is 0 Å². The maximum Gasteiger partial charge on any atom is 0.245 e. The summed E-state index contributed by atoms with van der Waals surface area (Å²) in [6, 6.07) is 6.69. The van der Waals surface area contributed by atoms with Gasteiger partial charge in [-0.25, -0.2) is 8.42 Å². The van der Waals surface area contributed by atoms with E-state index in [0.29, 0.717) is 11.0 Å². The standard InChI is InChI=1S/C11H12BrNO2S/c1-3-9-13(4-2)16(14,15)11-8-6-5-7-10(11)12/h1,5-8H,4,9H2,2H3. The van der Waals surface area contributed by atoms with Gasteiger partial charge in [0.15, 0.2) is 0 Å². The van der Waals surface area contributed by atoms with Crippen molar-refractivity contribution in [2.24, 2.45) is 0 Å². The first kappa shape index (κ1) is 13.2. The van der Waals surface area contributed by atoms with Crippen LogP contribution in [0.3, 0.4) is 0 Å². The molecule has 1 aromatic rings. The van der Waals surface area contributed by atoms with Gasteiger partial charge in [-0.05, 0) is 28.1 Å². The van der Waals surface area contributed by atoms with Crippen molar-refractivity contribution in [1.29, 1.82) is 0 Å². The van der Waals surface area contributed by atoms with E-state index >= 15 is 0 Å². The quantitative estimate of drug-likeness (QED) is 0.799. The molecule has 0 aliphatic heterocycles. The largest absolute Gasteiger partial charge is 0.245 e. The monoisotopic (exact) mass is 301 g/mol. The van der Waals surface area contributed by atoms with Gasteiger partial charge in [-0.2, -0.15) is 4.31 Å². The number of rotatable bonds is 4. The van der Waals surface area contributed by atoms with Gasteiger partial charge in [-0.1, -0.05) is 25.0 Å². The van der Waals surface area contributed by atoms with Crippen LogP contribution in [0.5, 0.6) is 0 Å². The Morgan fingerprint density at radius 1 is 1.44 bits per heavy atom. The van der Waals surface area contributed by atoms with E-state index in [2.05, 4.69) is 21.9 Å². The summed E-state index contributed by atoms with van der Waals surface area (Å²) >= 11 is 3.22. The Labute approximate surface area is 105 Å². The fourth-order valence-corrected chi connectivity index (χ4v) is 3.59.